The van der Waals surface area contributed by atoms with Crippen molar-refractivity contribution < 1.29 is 4.79 Å². The molecule has 106 valence electrons. The minimum absolute atomic E-state index is 0.131. The fraction of sp³-hybridized carbons (Fsp3) is 0.500. The molecule has 0 saturated carbocycles. The van der Waals surface area contributed by atoms with Crippen LogP contribution in [0.5, 0.6) is 0 Å². The van der Waals surface area contributed by atoms with Crippen LogP contribution in [-0.2, 0) is 11.2 Å². The summed E-state index contributed by atoms with van der Waals surface area (Å²) in [6, 6.07) is 8.47. The molecule has 1 aliphatic rings. The Morgan fingerprint density at radius 3 is 2.80 bits per heavy atom. The van der Waals surface area contributed by atoms with Gasteiger partial charge in [-0.05, 0) is 49.4 Å². The summed E-state index contributed by atoms with van der Waals surface area (Å²) in [5, 5.41) is 8.87. The van der Waals surface area contributed by atoms with Gasteiger partial charge >= 0.3 is 0 Å². The van der Waals surface area contributed by atoms with Gasteiger partial charge in [-0.2, -0.15) is 5.26 Å². The Labute approximate surface area is 128 Å². The molecule has 1 aliphatic heterocycles. The van der Waals surface area contributed by atoms with Crippen molar-refractivity contribution in [3.05, 3.63) is 33.8 Å². The molecular weight excluding hydrogens is 316 g/mol. The van der Waals surface area contributed by atoms with Crippen LogP contribution in [0.15, 0.2) is 22.7 Å². The third-order valence-electron chi connectivity index (χ3n) is 3.95. The van der Waals surface area contributed by atoms with Gasteiger partial charge in [0.1, 0.15) is 0 Å². The average molecular weight is 335 g/mol. The molecule has 1 fully saturated rings. The summed E-state index contributed by atoms with van der Waals surface area (Å²) in [5.41, 5.74) is 2.45. The third-order valence-corrected chi connectivity index (χ3v) is 4.44. The van der Waals surface area contributed by atoms with Gasteiger partial charge in [-0.3, -0.25) is 4.79 Å². The predicted molar refractivity (Wildman–Crippen MR) is 82.1 cm³/mol. The van der Waals surface area contributed by atoms with Gasteiger partial charge in [-0.25, -0.2) is 0 Å². The smallest absolute Gasteiger partial charge is 0.222 e. The normalized spacial score (nSPS) is 15.9. The van der Waals surface area contributed by atoms with E-state index in [1.807, 2.05) is 11.0 Å². The molecule has 20 heavy (non-hydrogen) atoms. The Kier molecular flexibility index (Phi) is 5.19. The minimum atomic E-state index is 0.131. The molecule has 4 heteroatoms. The molecule has 0 radical (unpaired) electrons. The lowest BCUT2D eigenvalue weighted by Crippen LogP contribution is -2.38. The van der Waals surface area contributed by atoms with E-state index in [4.69, 9.17) is 5.26 Å². The van der Waals surface area contributed by atoms with E-state index in [1.54, 1.807) is 0 Å². The van der Waals surface area contributed by atoms with Crippen LogP contribution in [0.2, 0.25) is 0 Å². The van der Waals surface area contributed by atoms with Gasteiger partial charge in [0.25, 0.3) is 0 Å². The van der Waals surface area contributed by atoms with Crippen LogP contribution in [0.4, 0.5) is 0 Å². The summed E-state index contributed by atoms with van der Waals surface area (Å²) in [4.78, 5) is 14.1. The van der Waals surface area contributed by atoms with E-state index in [9.17, 15) is 4.79 Å². The second kappa shape index (κ2) is 6.90. The molecule has 0 spiro atoms. The molecule has 1 heterocycles. The van der Waals surface area contributed by atoms with Crippen molar-refractivity contribution in [3.8, 4) is 6.07 Å². The van der Waals surface area contributed by atoms with Crippen LogP contribution >= 0.6 is 15.9 Å². The van der Waals surface area contributed by atoms with Crippen LogP contribution in [0.3, 0.4) is 0 Å². The maximum Gasteiger partial charge on any atom is 0.222 e. The van der Waals surface area contributed by atoms with Crippen LogP contribution < -0.4 is 0 Å². The van der Waals surface area contributed by atoms with Crippen molar-refractivity contribution in [1.82, 2.24) is 4.90 Å². The number of carbonyl (C=O) groups excluding carboxylic acids is 1. The zero-order chi connectivity index (χ0) is 14.5. The van der Waals surface area contributed by atoms with Gasteiger partial charge in [0.05, 0.1) is 6.07 Å². The molecule has 1 aromatic rings. The van der Waals surface area contributed by atoms with E-state index < -0.39 is 0 Å². The number of rotatable bonds is 3. The summed E-state index contributed by atoms with van der Waals surface area (Å²) >= 11 is 3.47. The standard InChI is InChI=1S/C16H19BrN2O/c1-12-2-4-15(17)10-14(12)3-5-16(20)19-8-6-13(11-18)7-9-19/h2,4,10,13H,3,5-9H2,1H3. The molecule has 0 bridgehead atoms. The van der Waals surface area contributed by atoms with Crippen LogP contribution in [0, 0.1) is 24.2 Å². The fourth-order valence-corrected chi connectivity index (χ4v) is 2.98. The largest absolute Gasteiger partial charge is 0.343 e. The summed E-state index contributed by atoms with van der Waals surface area (Å²) in [6.45, 7) is 3.54. The number of amides is 1. The highest BCUT2D eigenvalue weighted by atomic mass is 79.9. The molecule has 2 rings (SSSR count). The minimum Gasteiger partial charge on any atom is -0.343 e. The summed E-state index contributed by atoms with van der Waals surface area (Å²) in [5.74, 6) is 0.340. The summed E-state index contributed by atoms with van der Waals surface area (Å²) in [7, 11) is 0. The number of nitrogens with zero attached hydrogens (tertiary/aromatic N) is 2. The first-order chi connectivity index (χ1) is 9.60. The lowest BCUT2D eigenvalue weighted by Gasteiger charge is -2.29. The SMILES string of the molecule is Cc1ccc(Br)cc1CCC(=O)N1CCC(C#N)CC1. The molecule has 1 aromatic carbocycles. The fourth-order valence-electron chi connectivity index (χ4n) is 2.57. The number of halogens is 1. The molecule has 3 nitrogen and oxygen atoms in total. The zero-order valence-electron chi connectivity index (χ0n) is 11.7. The van der Waals surface area contributed by atoms with Gasteiger partial charge in [0.15, 0.2) is 0 Å². The highest BCUT2D eigenvalue weighted by molar-refractivity contribution is 9.10. The van der Waals surface area contributed by atoms with Gasteiger partial charge in [-0.15, -0.1) is 0 Å². The Morgan fingerprint density at radius 2 is 2.15 bits per heavy atom. The Balaban J connectivity index is 1.87. The number of hydrogen-bond donors (Lipinski definition) is 0. The molecule has 1 amide bonds. The molecule has 0 aromatic heterocycles. The van der Waals surface area contributed by atoms with Gasteiger partial charge in [0, 0.05) is 29.9 Å². The van der Waals surface area contributed by atoms with Crippen molar-refractivity contribution in [2.24, 2.45) is 5.92 Å². The Morgan fingerprint density at radius 1 is 1.45 bits per heavy atom. The number of nitriles is 1. The number of hydrogen-bond acceptors (Lipinski definition) is 2. The van der Waals surface area contributed by atoms with Gasteiger partial charge in [-0.1, -0.05) is 22.0 Å². The first-order valence-corrected chi connectivity index (χ1v) is 7.82. The third kappa shape index (κ3) is 3.83. The zero-order valence-corrected chi connectivity index (χ0v) is 13.3. The quantitative estimate of drug-likeness (QED) is 0.849. The lowest BCUT2D eigenvalue weighted by atomic mass is 9.98. The lowest BCUT2D eigenvalue weighted by molar-refractivity contribution is -0.132. The van der Waals surface area contributed by atoms with Crippen LogP contribution in [0.25, 0.3) is 0 Å². The van der Waals surface area contributed by atoms with Gasteiger partial charge in [0.2, 0.25) is 5.91 Å². The first-order valence-electron chi connectivity index (χ1n) is 7.02. The van der Waals surface area contributed by atoms with E-state index in [1.165, 1.54) is 11.1 Å². The van der Waals surface area contributed by atoms with Crippen molar-refractivity contribution in [2.45, 2.75) is 32.6 Å². The Bertz CT molecular complexity index is 528. The Hall–Kier alpha value is -1.34. The topological polar surface area (TPSA) is 44.1 Å². The van der Waals surface area contributed by atoms with Crippen molar-refractivity contribution in [2.75, 3.05) is 13.1 Å². The maximum atomic E-state index is 12.2. The number of piperidine rings is 1. The average Bonchev–Trinajstić information content (AvgIpc) is 2.48. The first kappa shape index (κ1) is 15.1. The van der Waals surface area contributed by atoms with Crippen LogP contribution in [0.1, 0.15) is 30.4 Å². The van der Waals surface area contributed by atoms with E-state index in [0.717, 1.165) is 36.8 Å². The highest BCUT2D eigenvalue weighted by Gasteiger charge is 2.22. The molecular formula is C16H19BrN2O. The second-order valence-electron chi connectivity index (χ2n) is 5.35. The highest BCUT2D eigenvalue weighted by Crippen LogP contribution is 2.20. The maximum absolute atomic E-state index is 12.2. The molecule has 0 N–H and O–H groups in total. The monoisotopic (exact) mass is 334 g/mol. The molecule has 0 atom stereocenters. The second-order valence-corrected chi connectivity index (χ2v) is 6.27. The van der Waals surface area contributed by atoms with Gasteiger partial charge < -0.3 is 4.90 Å². The van der Waals surface area contributed by atoms with E-state index in [0.29, 0.717) is 6.42 Å². The molecule has 0 unspecified atom stereocenters. The van der Waals surface area contributed by atoms with Crippen molar-refractivity contribution >= 4 is 21.8 Å². The molecule has 0 aliphatic carbocycles. The van der Waals surface area contributed by atoms with E-state index in [2.05, 4.69) is 41.1 Å². The number of aryl methyl sites for hydroxylation is 2. The van der Waals surface area contributed by atoms with Crippen molar-refractivity contribution in [1.29, 1.82) is 5.26 Å². The number of likely N-dealkylation sites (tertiary alicyclic amines) is 1. The molecule has 1 saturated heterocycles. The van der Waals surface area contributed by atoms with E-state index in [-0.39, 0.29) is 11.8 Å². The summed E-state index contributed by atoms with van der Waals surface area (Å²) in [6.07, 6.45) is 2.97. The van der Waals surface area contributed by atoms with E-state index >= 15 is 0 Å². The number of carbonyl (C=O) groups is 1. The van der Waals surface area contributed by atoms with Crippen molar-refractivity contribution in [3.63, 3.8) is 0 Å². The summed E-state index contributed by atoms with van der Waals surface area (Å²) < 4.78 is 1.06. The number of benzene rings is 1. The predicted octanol–water partition coefficient (Wildman–Crippen LogP) is 3.45. The van der Waals surface area contributed by atoms with Crippen LogP contribution in [-0.4, -0.2) is 23.9 Å².